The molecule has 1 atom stereocenters. The van der Waals surface area contributed by atoms with E-state index in [1.807, 2.05) is 20.0 Å². The zero-order valence-corrected chi connectivity index (χ0v) is 16.8. The van der Waals surface area contributed by atoms with Crippen LogP contribution in [0.5, 0.6) is 5.75 Å². The molecule has 8 heteroatoms. The molecule has 3 aromatic rings. The number of halogens is 3. The summed E-state index contributed by atoms with van der Waals surface area (Å²) in [6.07, 6.45) is -2.55. The minimum absolute atomic E-state index is 0.0140. The maximum absolute atomic E-state index is 13.4. The van der Waals surface area contributed by atoms with Crippen LogP contribution in [0.3, 0.4) is 0 Å². The van der Waals surface area contributed by atoms with Gasteiger partial charge < -0.3 is 15.3 Å². The van der Waals surface area contributed by atoms with Crippen LogP contribution in [0.15, 0.2) is 36.4 Å². The van der Waals surface area contributed by atoms with Gasteiger partial charge in [-0.1, -0.05) is 12.1 Å². The third-order valence-corrected chi connectivity index (χ3v) is 5.48. The van der Waals surface area contributed by atoms with Gasteiger partial charge in [0.15, 0.2) is 5.82 Å². The summed E-state index contributed by atoms with van der Waals surface area (Å²) in [6.45, 7) is 3.62. The van der Waals surface area contributed by atoms with Crippen LogP contribution in [0.25, 0.3) is 22.0 Å². The Morgan fingerprint density at radius 1 is 1.10 bits per heavy atom. The second-order valence-electron chi connectivity index (χ2n) is 7.92. The number of aromatic nitrogens is 2. The molecule has 0 saturated carbocycles. The van der Waals surface area contributed by atoms with Gasteiger partial charge in [0.2, 0.25) is 0 Å². The normalized spacial score (nSPS) is 18.0. The first-order valence-electron chi connectivity index (χ1n) is 9.85. The Hall–Kier alpha value is -2.87. The van der Waals surface area contributed by atoms with Crippen molar-refractivity contribution in [1.29, 1.82) is 0 Å². The van der Waals surface area contributed by atoms with Crippen molar-refractivity contribution in [2.75, 3.05) is 25.5 Å². The first-order chi connectivity index (χ1) is 14.2. The number of likely N-dealkylation sites (tertiary alicyclic amines) is 1. The van der Waals surface area contributed by atoms with Gasteiger partial charge in [-0.05, 0) is 63.2 Å². The molecular weight excluding hydrogens is 393 g/mol. The van der Waals surface area contributed by atoms with Crippen molar-refractivity contribution < 1.29 is 18.3 Å². The molecule has 1 aliphatic heterocycles. The summed E-state index contributed by atoms with van der Waals surface area (Å²) < 4.78 is 40.2. The van der Waals surface area contributed by atoms with Gasteiger partial charge in [-0.2, -0.15) is 13.2 Å². The molecule has 1 fully saturated rings. The minimum Gasteiger partial charge on any atom is -0.507 e. The van der Waals surface area contributed by atoms with E-state index in [0.29, 0.717) is 27.8 Å². The number of benzene rings is 2. The van der Waals surface area contributed by atoms with Crippen LogP contribution < -0.4 is 5.32 Å². The Bertz CT molecular complexity index is 1080. The highest BCUT2D eigenvalue weighted by Crippen LogP contribution is 2.38. The molecule has 5 nitrogen and oxygen atoms in total. The van der Waals surface area contributed by atoms with Crippen LogP contribution in [0.1, 0.15) is 24.0 Å². The molecule has 30 heavy (non-hydrogen) atoms. The van der Waals surface area contributed by atoms with E-state index in [0.717, 1.165) is 43.6 Å². The Balaban J connectivity index is 1.85. The Morgan fingerprint density at radius 2 is 1.90 bits per heavy atom. The van der Waals surface area contributed by atoms with Crippen molar-refractivity contribution in [3.63, 3.8) is 0 Å². The fraction of sp³-hybridized carbons (Fsp3) is 0.364. The lowest BCUT2D eigenvalue weighted by Crippen LogP contribution is -2.40. The standard InChI is InChI=1S/C22H23F3N4O/c1-13-5-7-17(19(30)10-13)20-16-8-6-14(22(23,24)25)11-18(16)21(28-27-20)26-15-4-3-9-29(2)12-15/h5-8,10-11,15,30H,3-4,9,12H2,1-2H3,(H,26,28). The fourth-order valence-corrected chi connectivity index (χ4v) is 3.96. The summed E-state index contributed by atoms with van der Waals surface area (Å²) in [6, 6.07) is 8.74. The molecule has 1 unspecified atom stereocenters. The van der Waals surface area contributed by atoms with E-state index in [-0.39, 0.29) is 11.8 Å². The number of phenolic OH excluding ortho intramolecular Hbond substituents is 1. The molecule has 0 bridgehead atoms. The van der Waals surface area contributed by atoms with Crippen molar-refractivity contribution in [3.8, 4) is 17.0 Å². The lowest BCUT2D eigenvalue weighted by molar-refractivity contribution is -0.137. The van der Waals surface area contributed by atoms with Gasteiger partial charge in [0.25, 0.3) is 0 Å². The van der Waals surface area contributed by atoms with Gasteiger partial charge in [-0.15, -0.1) is 10.2 Å². The van der Waals surface area contributed by atoms with Crippen LogP contribution in [0, 0.1) is 6.92 Å². The fourth-order valence-electron chi connectivity index (χ4n) is 3.96. The van der Waals surface area contributed by atoms with Crippen molar-refractivity contribution in [2.45, 2.75) is 32.0 Å². The molecule has 1 aliphatic rings. The molecule has 1 aromatic heterocycles. The molecular formula is C22H23F3N4O. The van der Waals surface area contributed by atoms with E-state index >= 15 is 0 Å². The minimum atomic E-state index is -4.47. The molecule has 0 amide bonds. The first kappa shape index (κ1) is 20.4. The van der Waals surface area contributed by atoms with Crippen LogP contribution >= 0.6 is 0 Å². The molecule has 0 radical (unpaired) electrons. The number of fused-ring (bicyclic) bond motifs is 1. The van der Waals surface area contributed by atoms with Crippen LogP contribution in [-0.2, 0) is 6.18 Å². The second kappa shape index (κ2) is 7.75. The lowest BCUT2D eigenvalue weighted by Gasteiger charge is -2.30. The van der Waals surface area contributed by atoms with Crippen LogP contribution in [0.4, 0.5) is 19.0 Å². The highest BCUT2D eigenvalue weighted by molar-refractivity contribution is 6.01. The molecule has 2 N–H and O–H groups in total. The van der Waals surface area contributed by atoms with Crippen molar-refractivity contribution in [3.05, 3.63) is 47.5 Å². The summed E-state index contributed by atoms with van der Waals surface area (Å²) in [5.41, 5.74) is 0.905. The number of hydrogen-bond acceptors (Lipinski definition) is 5. The number of nitrogens with one attached hydrogen (secondary N) is 1. The zero-order valence-electron chi connectivity index (χ0n) is 16.8. The summed E-state index contributed by atoms with van der Waals surface area (Å²) in [5.74, 6) is 0.340. The third-order valence-electron chi connectivity index (χ3n) is 5.48. The number of aryl methyl sites for hydroxylation is 1. The summed E-state index contributed by atoms with van der Waals surface area (Å²) in [4.78, 5) is 2.18. The summed E-state index contributed by atoms with van der Waals surface area (Å²) >= 11 is 0. The van der Waals surface area contributed by atoms with Gasteiger partial charge in [0, 0.05) is 28.9 Å². The number of hydrogen-bond donors (Lipinski definition) is 2. The Kier molecular flexibility index (Phi) is 5.27. The monoisotopic (exact) mass is 416 g/mol. The highest BCUT2D eigenvalue weighted by Gasteiger charge is 2.31. The largest absolute Gasteiger partial charge is 0.507 e. The second-order valence-corrected chi connectivity index (χ2v) is 7.92. The Labute approximate surface area is 172 Å². The van der Waals surface area contributed by atoms with Crippen molar-refractivity contribution in [2.24, 2.45) is 0 Å². The van der Waals surface area contributed by atoms with Gasteiger partial charge >= 0.3 is 6.18 Å². The third kappa shape index (κ3) is 4.05. The maximum Gasteiger partial charge on any atom is 0.416 e. The number of alkyl halides is 3. The number of piperidine rings is 1. The van der Waals surface area contributed by atoms with E-state index in [4.69, 9.17) is 0 Å². The molecule has 2 heterocycles. The molecule has 0 aliphatic carbocycles. The lowest BCUT2D eigenvalue weighted by atomic mass is 10.00. The van der Waals surface area contributed by atoms with Crippen LogP contribution in [-0.4, -0.2) is 46.4 Å². The van der Waals surface area contributed by atoms with Gasteiger partial charge in [0.05, 0.1) is 5.56 Å². The average molecular weight is 416 g/mol. The smallest absolute Gasteiger partial charge is 0.416 e. The summed E-state index contributed by atoms with van der Waals surface area (Å²) in [5, 5.41) is 23.0. The topological polar surface area (TPSA) is 61.3 Å². The van der Waals surface area contributed by atoms with E-state index in [2.05, 4.69) is 20.4 Å². The van der Waals surface area contributed by atoms with E-state index in [9.17, 15) is 18.3 Å². The van der Waals surface area contributed by atoms with E-state index in [1.165, 1.54) is 6.07 Å². The number of aromatic hydroxyl groups is 1. The molecule has 0 spiro atoms. The molecule has 4 rings (SSSR count). The predicted molar refractivity (Wildman–Crippen MR) is 111 cm³/mol. The Morgan fingerprint density at radius 3 is 2.60 bits per heavy atom. The predicted octanol–water partition coefficient (Wildman–Crippen LogP) is 4.84. The number of anilines is 1. The van der Waals surface area contributed by atoms with Gasteiger partial charge in [-0.3, -0.25) is 0 Å². The highest BCUT2D eigenvalue weighted by atomic mass is 19.4. The van der Waals surface area contributed by atoms with Crippen molar-refractivity contribution in [1.82, 2.24) is 15.1 Å². The quantitative estimate of drug-likeness (QED) is 0.640. The van der Waals surface area contributed by atoms with Crippen LogP contribution in [0.2, 0.25) is 0 Å². The van der Waals surface area contributed by atoms with Gasteiger partial charge in [-0.25, -0.2) is 0 Å². The van der Waals surface area contributed by atoms with E-state index in [1.54, 1.807) is 12.1 Å². The SMILES string of the molecule is Cc1ccc(-c2nnc(NC3CCCN(C)C3)c3cc(C(F)(F)F)ccc23)c(O)c1. The van der Waals surface area contributed by atoms with E-state index < -0.39 is 11.7 Å². The molecule has 2 aromatic carbocycles. The number of likely N-dealkylation sites (N-methyl/N-ethyl adjacent to an activating group) is 1. The molecule has 1 saturated heterocycles. The average Bonchev–Trinajstić information content (AvgIpc) is 2.68. The summed E-state index contributed by atoms with van der Waals surface area (Å²) in [7, 11) is 2.02. The van der Waals surface area contributed by atoms with Gasteiger partial charge in [0.1, 0.15) is 11.4 Å². The number of nitrogens with zero attached hydrogens (tertiary/aromatic N) is 3. The maximum atomic E-state index is 13.4. The zero-order chi connectivity index (χ0) is 21.5. The van der Waals surface area contributed by atoms with Crippen molar-refractivity contribution >= 4 is 16.6 Å². The first-order valence-corrected chi connectivity index (χ1v) is 9.85. The molecule has 158 valence electrons. The number of rotatable bonds is 3. The number of phenols is 1.